The first kappa shape index (κ1) is 14.5. The molecule has 0 aliphatic heterocycles. The van der Waals surface area contributed by atoms with Crippen molar-refractivity contribution in [2.45, 2.75) is 6.92 Å². The molecule has 2 aromatic carbocycles. The lowest BCUT2D eigenvalue weighted by atomic mass is 10.1. The number of para-hydroxylation sites is 2. The quantitative estimate of drug-likeness (QED) is 0.665. The molecule has 0 saturated heterocycles. The zero-order valence-electron chi connectivity index (χ0n) is 12.2. The Morgan fingerprint density at radius 3 is 2.50 bits per heavy atom. The van der Waals surface area contributed by atoms with Gasteiger partial charge < -0.3 is 4.90 Å². The van der Waals surface area contributed by atoms with Crippen LogP contribution in [0, 0.1) is 0 Å². The molecule has 110 valence electrons. The van der Waals surface area contributed by atoms with E-state index in [1.165, 1.54) is 0 Å². The number of halogens is 1. The number of hydrogen-bond acceptors (Lipinski definition) is 2. The molecule has 3 rings (SSSR count). The lowest BCUT2D eigenvalue weighted by Crippen LogP contribution is -2.30. The minimum atomic E-state index is -0.0748. The molecule has 3 aromatic rings. The lowest BCUT2D eigenvalue weighted by Gasteiger charge is -2.22. The minimum absolute atomic E-state index is 0.0748. The van der Waals surface area contributed by atoms with Crippen LogP contribution in [-0.4, -0.2) is 17.4 Å². The first-order valence-electron chi connectivity index (χ1n) is 7.13. The third-order valence-electron chi connectivity index (χ3n) is 3.54. The van der Waals surface area contributed by atoms with E-state index in [0.717, 1.165) is 16.6 Å². The van der Waals surface area contributed by atoms with Crippen LogP contribution in [0.1, 0.15) is 17.3 Å². The van der Waals surface area contributed by atoms with E-state index in [1.807, 2.05) is 61.5 Å². The van der Waals surface area contributed by atoms with Crippen LogP contribution in [-0.2, 0) is 0 Å². The highest BCUT2D eigenvalue weighted by molar-refractivity contribution is 6.30. The fourth-order valence-corrected chi connectivity index (χ4v) is 2.72. The summed E-state index contributed by atoms with van der Waals surface area (Å²) < 4.78 is 0. The van der Waals surface area contributed by atoms with E-state index < -0.39 is 0 Å². The SMILES string of the molecule is CCN(C(=O)c1cc(Cl)nc2ccccc12)c1ccccc1. The van der Waals surface area contributed by atoms with Crippen molar-refractivity contribution in [1.82, 2.24) is 4.98 Å². The number of fused-ring (bicyclic) bond motifs is 1. The maximum atomic E-state index is 13.0. The summed E-state index contributed by atoms with van der Waals surface area (Å²) in [6, 6.07) is 18.8. The lowest BCUT2D eigenvalue weighted by molar-refractivity contribution is 0.0990. The molecule has 1 heterocycles. The van der Waals surface area contributed by atoms with Crippen LogP contribution in [0.25, 0.3) is 10.9 Å². The molecule has 0 bridgehead atoms. The van der Waals surface area contributed by atoms with Gasteiger partial charge in [0.05, 0.1) is 11.1 Å². The third-order valence-corrected chi connectivity index (χ3v) is 3.74. The molecule has 0 fully saturated rings. The Balaban J connectivity index is 2.12. The molecular formula is C18H15ClN2O. The van der Waals surface area contributed by atoms with Gasteiger partial charge in [-0.1, -0.05) is 48.0 Å². The summed E-state index contributed by atoms with van der Waals surface area (Å²) in [4.78, 5) is 19.0. The maximum Gasteiger partial charge on any atom is 0.259 e. The van der Waals surface area contributed by atoms with E-state index >= 15 is 0 Å². The van der Waals surface area contributed by atoms with E-state index in [9.17, 15) is 4.79 Å². The summed E-state index contributed by atoms with van der Waals surface area (Å²) in [5, 5.41) is 1.14. The molecule has 1 amide bonds. The third kappa shape index (κ3) is 2.68. The Hall–Kier alpha value is -2.39. The van der Waals surface area contributed by atoms with E-state index in [0.29, 0.717) is 17.3 Å². The number of nitrogens with zero attached hydrogens (tertiary/aromatic N) is 2. The average Bonchev–Trinajstić information content (AvgIpc) is 2.55. The van der Waals surface area contributed by atoms with Crippen LogP contribution in [0.3, 0.4) is 0 Å². The van der Waals surface area contributed by atoms with Gasteiger partial charge in [-0.25, -0.2) is 4.98 Å². The Labute approximate surface area is 134 Å². The molecule has 1 aromatic heterocycles. The summed E-state index contributed by atoms with van der Waals surface area (Å²) in [6.07, 6.45) is 0. The summed E-state index contributed by atoms with van der Waals surface area (Å²) >= 11 is 6.08. The number of aromatic nitrogens is 1. The molecule has 0 radical (unpaired) electrons. The number of rotatable bonds is 3. The predicted molar refractivity (Wildman–Crippen MR) is 90.5 cm³/mol. The summed E-state index contributed by atoms with van der Waals surface area (Å²) in [6.45, 7) is 2.53. The molecule has 0 aliphatic carbocycles. The predicted octanol–water partition coefficient (Wildman–Crippen LogP) is 4.55. The van der Waals surface area contributed by atoms with Crippen LogP contribution < -0.4 is 4.90 Å². The maximum absolute atomic E-state index is 13.0. The van der Waals surface area contributed by atoms with Crippen molar-refractivity contribution in [3.05, 3.63) is 71.4 Å². The van der Waals surface area contributed by atoms with Crippen molar-refractivity contribution >= 4 is 34.1 Å². The van der Waals surface area contributed by atoms with E-state index in [2.05, 4.69) is 4.98 Å². The number of benzene rings is 2. The van der Waals surface area contributed by atoms with Crippen molar-refractivity contribution in [2.24, 2.45) is 0 Å². The van der Waals surface area contributed by atoms with E-state index in [1.54, 1.807) is 11.0 Å². The van der Waals surface area contributed by atoms with Gasteiger partial charge in [-0.05, 0) is 31.2 Å². The minimum Gasteiger partial charge on any atom is -0.309 e. The fraction of sp³-hybridized carbons (Fsp3) is 0.111. The zero-order chi connectivity index (χ0) is 15.5. The molecular weight excluding hydrogens is 296 g/mol. The van der Waals surface area contributed by atoms with Gasteiger partial charge in [0.2, 0.25) is 0 Å². The second kappa shape index (κ2) is 6.16. The van der Waals surface area contributed by atoms with Crippen molar-refractivity contribution < 1.29 is 4.79 Å². The smallest absolute Gasteiger partial charge is 0.259 e. The molecule has 22 heavy (non-hydrogen) atoms. The Morgan fingerprint density at radius 2 is 1.77 bits per heavy atom. The fourth-order valence-electron chi connectivity index (χ4n) is 2.52. The molecule has 0 aliphatic rings. The van der Waals surface area contributed by atoms with Gasteiger partial charge in [-0.15, -0.1) is 0 Å². The largest absolute Gasteiger partial charge is 0.309 e. The standard InChI is InChI=1S/C18H15ClN2O/c1-2-21(13-8-4-3-5-9-13)18(22)15-12-17(19)20-16-11-7-6-10-14(15)16/h3-12H,2H2,1H3. The number of pyridine rings is 1. The molecule has 0 saturated carbocycles. The monoisotopic (exact) mass is 310 g/mol. The van der Waals surface area contributed by atoms with Crippen molar-refractivity contribution in [1.29, 1.82) is 0 Å². The van der Waals surface area contributed by atoms with Crippen LogP contribution in [0.15, 0.2) is 60.7 Å². The summed E-state index contributed by atoms with van der Waals surface area (Å²) in [7, 11) is 0. The van der Waals surface area contributed by atoms with Crippen molar-refractivity contribution in [2.75, 3.05) is 11.4 Å². The molecule has 0 spiro atoms. The Morgan fingerprint density at radius 1 is 1.09 bits per heavy atom. The van der Waals surface area contributed by atoms with Crippen LogP contribution in [0.4, 0.5) is 5.69 Å². The van der Waals surface area contributed by atoms with Gasteiger partial charge in [0.25, 0.3) is 5.91 Å². The van der Waals surface area contributed by atoms with Crippen molar-refractivity contribution in [3.8, 4) is 0 Å². The number of anilines is 1. The molecule has 4 heteroatoms. The van der Waals surface area contributed by atoms with Gasteiger partial charge in [0, 0.05) is 17.6 Å². The van der Waals surface area contributed by atoms with Gasteiger partial charge in [-0.3, -0.25) is 4.79 Å². The number of hydrogen-bond donors (Lipinski definition) is 0. The highest BCUT2D eigenvalue weighted by atomic mass is 35.5. The van der Waals surface area contributed by atoms with E-state index in [-0.39, 0.29) is 5.91 Å². The molecule has 0 N–H and O–H groups in total. The molecule has 3 nitrogen and oxygen atoms in total. The first-order valence-corrected chi connectivity index (χ1v) is 7.50. The van der Waals surface area contributed by atoms with Gasteiger partial charge in [0.1, 0.15) is 5.15 Å². The Bertz CT molecular complexity index is 818. The molecule has 0 unspecified atom stereocenters. The first-order chi connectivity index (χ1) is 10.7. The number of carbonyl (C=O) groups is 1. The van der Waals surface area contributed by atoms with Gasteiger partial charge in [-0.2, -0.15) is 0 Å². The normalized spacial score (nSPS) is 10.6. The number of amides is 1. The van der Waals surface area contributed by atoms with Gasteiger partial charge >= 0.3 is 0 Å². The average molecular weight is 311 g/mol. The van der Waals surface area contributed by atoms with Crippen LogP contribution in [0.5, 0.6) is 0 Å². The highest BCUT2D eigenvalue weighted by Gasteiger charge is 2.19. The Kier molecular flexibility index (Phi) is 4.07. The zero-order valence-corrected chi connectivity index (χ0v) is 12.9. The van der Waals surface area contributed by atoms with Crippen LogP contribution >= 0.6 is 11.6 Å². The topological polar surface area (TPSA) is 33.2 Å². The summed E-state index contributed by atoms with van der Waals surface area (Å²) in [5.74, 6) is -0.0748. The highest BCUT2D eigenvalue weighted by Crippen LogP contribution is 2.24. The summed E-state index contributed by atoms with van der Waals surface area (Å²) in [5.41, 5.74) is 2.16. The number of carbonyl (C=O) groups excluding carboxylic acids is 1. The van der Waals surface area contributed by atoms with Crippen molar-refractivity contribution in [3.63, 3.8) is 0 Å². The van der Waals surface area contributed by atoms with Crippen LogP contribution in [0.2, 0.25) is 5.15 Å². The molecule has 0 atom stereocenters. The second-order valence-corrected chi connectivity index (χ2v) is 5.28. The van der Waals surface area contributed by atoms with Gasteiger partial charge in [0.15, 0.2) is 0 Å². The van der Waals surface area contributed by atoms with E-state index in [4.69, 9.17) is 11.6 Å². The second-order valence-electron chi connectivity index (χ2n) is 4.89.